The first-order valence-electron chi connectivity index (χ1n) is 9.23. The number of unbranched alkanes of at least 4 members (excludes halogenated alkanes) is 13. The molecule has 0 radical (unpaired) electrons. The van der Waals surface area contributed by atoms with Crippen LogP contribution in [-0.2, 0) is 13.9 Å². The molecule has 0 heterocycles. The molecule has 0 fully saturated rings. The van der Waals surface area contributed by atoms with Gasteiger partial charge in [-0.25, -0.2) is 4.57 Å². The van der Waals surface area contributed by atoms with Gasteiger partial charge in [0.15, 0.2) is 0 Å². The van der Waals surface area contributed by atoms with Crippen molar-refractivity contribution in [2.45, 2.75) is 103 Å². The average Bonchev–Trinajstić information content (AvgIpc) is 2.46. The van der Waals surface area contributed by atoms with Crippen molar-refractivity contribution in [3.8, 4) is 0 Å². The van der Waals surface area contributed by atoms with Crippen molar-refractivity contribution in [1.29, 1.82) is 0 Å². The summed E-state index contributed by atoms with van der Waals surface area (Å²) in [5, 5.41) is 0. The highest BCUT2D eigenvalue weighted by atomic mass is 31.2. The van der Waals surface area contributed by atoms with Crippen LogP contribution in [0, 0.1) is 0 Å². The van der Waals surface area contributed by atoms with Crippen molar-refractivity contribution in [2.24, 2.45) is 0 Å². The molecular weight excluding hydrogens is 315 g/mol. The molecule has 0 aromatic heterocycles. The van der Waals surface area contributed by atoms with Gasteiger partial charge in [0.05, 0.1) is 0 Å². The number of phosphoric ester groups is 1. The van der Waals surface area contributed by atoms with Crippen LogP contribution in [0.5, 0.6) is 0 Å². The van der Waals surface area contributed by atoms with Crippen molar-refractivity contribution in [3.63, 3.8) is 0 Å². The summed E-state index contributed by atoms with van der Waals surface area (Å²) in [6, 6.07) is 0. The molecule has 138 valence electrons. The number of carbonyl (C=O) groups excluding carboxylic acids is 1. The van der Waals surface area contributed by atoms with Gasteiger partial charge in [0.25, 0.3) is 0 Å². The Bertz CT molecular complexity index is 327. The Labute approximate surface area is 141 Å². The summed E-state index contributed by atoms with van der Waals surface area (Å²) in [5.74, 6) is -0.808. The van der Waals surface area contributed by atoms with E-state index >= 15 is 0 Å². The standard InChI is InChI=1S/C17H35O5P/c1-2-3-4-5-6-7-8-9-10-11-12-13-14-15-16-17(18)22-23(19,20)21/h2-16H2,1H3,(H2,19,20,21). The van der Waals surface area contributed by atoms with Gasteiger partial charge in [-0.1, -0.05) is 90.4 Å². The van der Waals surface area contributed by atoms with Gasteiger partial charge < -0.3 is 4.52 Å². The van der Waals surface area contributed by atoms with Crippen molar-refractivity contribution in [2.75, 3.05) is 0 Å². The maximum absolute atomic E-state index is 11.1. The van der Waals surface area contributed by atoms with Crippen LogP contribution >= 0.6 is 7.82 Å². The Balaban J connectivity index is 3.16. The minimum Gasteiger partial charge on any atom is -0.371 e. The lowest BCUT2D eigenvalue weighted by Gasteiger charge is -2.05. The number of hydrogen-bond donors (Lipinski definition) is 2. The zero-order chi connectivity index (χ0) is 17.4. The lowest BCUT2D eigenvalue weighted by molar-refractivity contribution is -0.135. The van der Waals surface area contributed by atoms with E-state index in [2.05, 4.69) is 11.4 Å². The highest BCUT2D eigenvalue weighted by Crippen LogP contribution is 2.36. The predicted molar refractivity (Wildman–Crippen MR) is 93.1 cm³/mol. The molecule has 6 heteroatoms. The van der Waals surface area contributed by atoms with Crippen LogP contribution in [0.1, 0.15) is 103 Å². The van der Waals surface area contributed by atoms with Crippen LogP contribution in [0.4, 0.5) is 0 Å². The minimum atomic E-state index is -4.66. The van der Waals surface area contributed by atoms with Crippen LogP contribution < -0.4 is 0 Å². The molecule has 0 aliphatic heterocycles. The first kappa shape index (κ1) is 22.6. The van der Waals surface area contributed by atoms with Crippen molar-refractivity contribution in [3.05, 3.63) is 0 Å². The Morgan fingerprint density at radius 2 is 1.09 bits per heavy atom. The lowest BCUT2D eigenvalue weighted by Crippen LogP contribution is -2.01. The fraction of sp³-hybridized carbons (Fsp3) is 0.941. The van der Waals surface area contributed by atoms with Crippen LogP contribution in [-0.4, -0.2) is 15.8 Å². The Kier molecular flexibility index (Phi) is 14.9. The molecule has 0 aliphatic carbocycles. The quantitative estimate of drug-likeness (QED) is 0.284. The highest BCUT2D eigenvalue weighted by Gasteiger charge is 2.19. The second kappa shape index (κ2) is 15.2. The van der Waals surface area contributed by atoms with Gasteiger partial charge in [0.2, 0.25) is 0 Å². The number of phosphoric acid groups is 1. The molecule has 5 nitrogen and oxygen atoms in total. The molecule has 0 aromatic carbocycles. The minimum absolute atomic E-state index is 0.0864. The molecular formula is C17H35O5P. The first-order valence-corrected chi connectivity index (χ1v) is 10.8. The predicted octanol–water partition coefficient (Wildman–Crippen LogP) is 5.49. The topological polar surface area (TPSA) is 83.8 Å². The lowest BCUT2D eigenvalue weighted by atomic mass is 10.0. The smallest absolute Gasteiger partial charge is 0.371 e. The second-order valence-electron chi connectivity index (χ2n) is 6.30. The van der Waals surface area contributed by atoms with E-state index in [4.69, 9.17) is 9.79 Å². The zero-order valence-corrected chi connectivity index (χ0v) is 15.6. The van der Waals surface area contributed by atoms with Crippen molar-refractivity contribution < 1.29 is 23.7 Å². The van der Waals surface area contributed by atoms with E-state index in [0.717, 1.165) is 12.8 Å². The van der Waals surface area contributed by atoms with E-state index in [-0.39, 0.29) is 6.42 Å². The van der Waals surface area contributed by atoms with Gasteiger partial charge in [-0.05, 0) is 6.42 Å². The largest absolute Gasteiger partial charge is 0.526 e. The van der Waals surface area contributed by atoms with Crippen LogP contribution in [0.15, 0.2) is 0 Å². The number of rotatable bonds is 16. The molecule has 0 amide bonds. The fourth-order valence-electron chi connectivity index (χ4n) is 2.64. The van der Waals surface area contributed by atoms with Gasteiger partial charge >= 0.3 is 13.8 Å². The Morgan fingerprint density at radius 3 is 1.43 bits per heavy atom. The Hall–Kier alpha value is -0.380. The molecule has 0 aliphatic rings. The maximum atomic E-state index is 11.1. The fourth-order valence-corrected chi connectivity index (χ4v) is 3.00. The molecule has 0 rings (SSSR count). The highest BCUT2D eigenvalue weighted by molar-refractivity contribution is 7.46. The van der Waals surface area contributed by atoms with Crippen molar-refractivity contribution >= 4 is 13.8 Å². The molecule has 0 aromatic rings. The second-order valence-corrected chi connectivity index (χ2v) is 7.46. The van der Waals surface area contributed by atoms with E-state index in [0.29, 0.717) is 6.42 Å². The number of carbonyl (C=O) groups is 1. The monoisotopic (exact) mass is 350 g/mol. The summed E-state index contributed by atoms with van der Waals surface area (Å²) in [5.41, 5.74) is 0. The molecule has 0 saturated carbocycles. The Morgan fingerprint density at radius 1 is 0.739 bits per heavy atom. The molecule has 0 bridgehead atoms. The van der Waals surface area contributed by atoms with E-state index < -0.39 is 13.8 Å². The van der Waals surface area contributed by atoms with E-state index in [1.165, 1.54) is 70.6 Å². The van der Waals surface area contributed by atoms with Gasteiger partial charge in [-0.15, -0.1) is 0 Å². The maximum Gasteiger partial charge on any atom is 0.526 e. The third-order valence-corrected chi connectivity index (χ3v) is 4.40. The molecule has 0 unspecified atom stereocenters. The SMILES string of the molecule is CCCCCCCCCCCCCCCCC(=O)OP(=O)(O)O. The average molecular weight is 350 g/mol. The van der Waals surface area contributed by atoms with Gasteiger partial charge in [0.1, 0.15) is 0 Å². The van der Waals surface area contributed by atoms with Crippen LogP contribution in [0.25, 0.3) is 0 Å². The van der Waals surface area contributed by atoms with Crippen molar-refractivity contribution in [1.82, 2.24) is 0 Å². The van der Waals surface area contributed by atoms with Gasteiger partial charge in [-0.3, -0.25) is 14.6 Å². The summed E-state index contributed by atoms with van der Waals surface area (Å²) in [6.45, 7) is 2.24. The van der Waals surface area contributed by atoms with E-state index in [1.807, 2.05) is 0 Å². The molecule has 0 saturated heterocycles. The van der Waals surface area contributed by atoms with Gasteiger partial charge in [0, 0.05) is 6.42 Å². The summed E-state index contributed by atoms with van der Waals surface area (Å²) < 4.78 is 14.4. The summed E-state index contributed by atoms with van der Waals surface area (Å²) in [6.07, 6.45) is 17.3. The normalized spacial score (nSPS) is 11.6. The zero-order valence-electron chi connectivity index (χ0n) is 14.7. The van der Waals surface area contributed by atoms with E-state index in [9.17, 15) is 9.36 Å². The number of hydrogen-bond acceptors (Lipinski definition) is 3. The van der Waals surface area contributed by atoms with Gasteiger partial charge in [-0.2, -0.15) is 0 Å². The summed E-state index contributed by atoms with van der Waals surface area (Å²) >= 11 is 0. The molecule has 2 N–H and O–H groups in total. The molecule has 23 heavy (non-hydrogen) atoms. The third-order valence-electron chi connectivity index (χ3n) is 3.96. The molecule has 0 atom stereocenters. The van der Waals surface area contributed by atoms with Crippen LogP contribution in [0.3, 0.4) is 0 Å². The third kappa shape index (κ3) is 19.6. The summed E-state index contributed by atoms with van der Waals surface area (Å²) in [7, 11) is -4.66. The molecule has 0 spiro atoms. The van der Waals surface area contributed by atoms with Crippen LogP contribution in [0.2, 0.25) is 0 Å². The first-order chi connectivity index (χ1) is 11.0. The van der Waals surface area contributed by atoms with E-state index in [1.54, 1.807) is 0 Å². The summed E-state index contributed by atoms with van der Waals surface area (Å²) in [4.78, 5) is 28.0.